The number of benzene rings is 1. The molecule has 4 rings (SSSR count). The van der Waals surface area contributed by atoms with Crippen molar-refractivity contribution in [3.63, 3.8) is 0 Å². The molecule has 6 nitrogen and oxygen atoms in total. The van der Waals surface area contributed by atoms with E-state index in [9.17, 15) is 21.6 Å². The van der Waals surface area contributed by atoms with Gasteiger partial charge in [-0.15, -0.1) is 0 Å². The van der Waals surface area contributed by atoms with Gasteiger partial charge in [0.05, 0.1) is 10.5 Å². The average molecular weight is 438 g/mol. The summed E-state index contributed by atoms with van der Waals surface area (Å²) in [6.07, 6.45) is -0.0384. The van der Waals surface area contributed by atoms with Crippen LogP contribution in [0.5, 0.6) is 0 Å². The van der Waals surface area contributed by atoms with Crippen molar-refractivity contribution >= 4 is 15.7 Å². The van der Waals surface area contributed by atoms with Gasteiger partial charge in [0.2, 0.25) is 10.0 Å². The van der Waals surface area contributed by atoms with Gasteiger partial charge in [-0.3, -0.25) is 0 Å². The molecule has 1 saturated heterocycles. The van der Waals surface area contributed by atoms with E-state index in [-0.39, 0.29) is 29.5 Å². The summed E-state index contributed by atoms with van der Waals surface area (Å²) in [6, 6.07) is 5.13. The number of piperidine rings is 1. The second kappa shape index (κ2) is 7.35. The first-order valence-corrected chi connectivity index (χ1v) is 11.0. The number of rotatable bonds is 3. The summed E-state index contributed by atoms with van der Waals surface area (Å²) in [5.41, 5.74) is 1.97. The van der Waals surface area contributed by atoms with Crippen molar-refractivity contribution < 1.29 is 21.6 Å². The number of halogens is 3. The van der Waals surface area contributed by atoms with E-state index in [0.717, 1.165) is 22.8 Å². The summed E-state index contributed by atoms with van der Waals surface area (Å²) in [7, 11) is -4.00. The van der Waals surface area contributed by atoms with Crippen LogP contribution in [0, 0.1) is 13.8 Å². The molecule has 2 aromatic heterocycles. The second-order valence-corrected chi connectivity index (χ2v) is 9.57. The molecular formula is C20H21F3N4O2S. The van der Waals surface area contributed by atoms with Crippen molar-refractivity contribution in [1.82, 2.24) is 18.9 Å². The van der Waals surface area contributed by atoms with Crippen LogP contribution in [-0.4, -0.2) is 40.4 Å². The van der Waals surface area contributed by atoms with Gasteiger partial charge in [0.15, 0.2) is 5.65 Å². The van der Waals surface area contributed by atoms with E-state index in [4.69, 9.17) is 0 Å². The van der Waals surface area contributed by atoms with Crippen LogP contribution in [0.4, 0.5) is 13.2 Å². The number of aryl methyl sites for hydroxylation is 2. The van der Waals surface area contributed by atoms with Gasteiger partial charge in [-0.25, -0.2) is 17.9 Å². The van der Waals surface area contributed by atoms with E-state index in [1.165, 1.54) is 29.7 Å². The fourth-order valence-corrected chi connectivity index (χ4v) is 5.52. The topological polar surface area (TPSA) is 67.6 Å². The van der Waals surface area contributed by atoms with Gasteiger partial charge < -0.3 is 0 Å². The smallest absolute Gasteiger partial charge is 0.221 e. The van der Waals surface area contributed by atoms with Crippen LogP contribution >= 0.6 is 0 Å². The fourth-order valence-electron chi connectivity index (χ4n) is 4.02. The number of fused-ring (bicyclic) bond motifs is 1. The fraction of sp³-hybridized carbons (Fsp3) is 0.400. The van der Waals surface area contributed by atoms with Crippen molar-refractivity contribution in [2.45, 2.75) is 43.7 Å². The Balaban J connectivity index is 1.55. The number of alkyl halides is 3. The van der Waals surface area contributed by atoms with Crippen molar-refractivity contribution in [3.05, 3.63) is 59.0 Å². The zero-order valence-electron chi connectivity index (χ0n) is 16.5. The summed E-state index contributed by atoms with van der Waals surface area (Å²) in [5, 5.41) is 4.15. The Labute approximate surface area is 172 Å². The Morgan fingerprint density at radius 3 is 2.43 bits per heavy atom. The number of nitrogens with zero attached hydrogens (tertiary/aromatic N) is 4. The third-order valence-electron chi connectivity index (χ3n) is 5.71. The van der Waals surface area contributed by atoms with Gasteiger partial charge in [-0.2, -0.15) is 22.6 Å². The quantitative estimate of drug-likeness (QED) is 0.621. The molecule has 1 aliphatic heterocycles. The molecule has 0 bridgehead atoms. The number of pyridine rings is 1. The molecule has 3 aromatic rings. The third kappa shape index (κ3) is 3.69. The second-order valence-electron chi connectivity index (χ2n) is 7.63. The molecule has 1 aromatic carbocycles. The molecule has 0 radical (unpaired) electrons. The van der Waals surface area contributed by atoms with Gasteiger partial charge in [0, 0.05) is 19.3 Å². The molecule has 0 spiro atoms. The predicted molar refractivity (Wildman–Crippen MR) is 105 cm³/mol. The van der Waals surface area contributed by atoms with Crippen molar-refractivity contribution in [1.29, 1.82) is 0 Å². The maximum atomic E-state index is 13.2. The SMILES string of the molecule is Cc1cc2ncnn2cc1C1CCN(S(=O)(=O)c2ccc(C)c(C(F)(F)F)c2)CC1. The molecule has 10 heteroatoms. The van der Waals surface area contributed by atoms with Gasteiger partial charge in [-0.1, -0.05) is 6.07 Å². The first-order chi connectivity index (χ1) is 14.1. The van der Waals surface area contributed by atoms with Crippen LogP contribution in [0.3, 0.4) is 0 Å². The van der Waals surface area contributed by atoms with Gasteiger partial charge in [0.25, 0.3) is 0 Å². The van der Waals surface area contributed by atoms with E-state index in [2.05, 4.69) is 10.1 Å². The molecule has 30 heavy (non-hydrogen) atoms. The van der Waals surface area contributed by atoms with Crippen LogP contribution < -0.4 is 0 Å². The molecule has 1 aliphatic rings. The lowest BCUT2D eigenvalue weighted by molar-refractivity contribution is -0.138. The zero-order chi connectivity index (χ0) is 21.7. The van der Waals surface area contributed by atoms with Gasteiger partial charge >= 0.3 is 6.18 Å². The van der Waals surface area contributed by atoms with E-state index in [1.54, 1.807) is 4.52 Å². The highest BCUT2D eigenvalue weighted by Gasteiger charge is 2.36. The summed E-state index contributed by atoms with van der Waals surface area (Å²) < 4.78 is 68.5. The number of sulfonamides is 1. The first kappa shape index (κ1) is 20.8. The molecule has 0 amide bonds. The van der Waals surface area contributed by atoms with E-state index >= 15 is 0 Å². The average Bonchev–Trinajstić information content (AvgIpc) is 3.14. The Kier molecular flexibility index (Phi) is 5.09. The van der Waals surface area contributed by atoms with Crippen molar-refractivity contribution in [2.24, 2.45) is 0 Å². The van der Waals surface area contributed by atoms with Crippen LogP contribution in [0.15, 0.2) is 41.7 Å². The van der Waals surface area contributed by atoms with Crippen LogP contribution in [0.2, 0.25) is 0 Å². The highest BCUT2D eigenvalue weighted by Crippen LogP contribution is 2.36. The Bertz CT molecular complexity index is 1200. The number of hydrogen-bond donors (Lipinski definition) is 0. The minimum Gasteiger partial charge on any atom is -0.221 e. The maximum absolute atomic E-state index is 13.2. The van der Waals surface area contributed by atoms with E-state index < -0.39 is 21.8 Å². The summed E-state index contributed by atoms with van der Waals surface area (Å²) in [6.45, 7) is 3.80. The first-order valence-electron chi connectivity index (χ1n) is 9.55. The van der Waals surface area contributed by atoms with Crippen molar-refractivity contribution in [2.75, 3.05) is 13.1 Å². The minimum absolute atomic E-state index is 0.000799. The highest BCUT2D eigenvalue weighted by molar-refractivity contribution is 7.89. The molecular weight excluding hydrogens is 417 g/mol. The zero-order valence-corrected chi connectivity index (χ0v) is 17.3. The standard InChI is InChI=1S/C20H21F3N4O2S/c1-13-3-4-16(10-18(13)20(21,22)23)30(28,29)26-7-5-15(6-8-26)17-11-27-19(9-14(17)2)24-12-25-27/h3-4,9-12,15H,5-8H2,1-2H3. The predicted octanol–water partition coefficient (Wildman–Crippen LogP) is 3.93. The third-order valence-corrected chi connectivity index (χ3v) is 7.60. The van der Waals surface area contributed by atoms with Gasteiger partial charge in [-0.05, 0) is 67.5 Å². The molecule has 0 aliphatic carbocycles. The van der Waals surface area contributed by atoms with E-state index in [0.29, 0.717) is 12.8 Å². The lowest BCUT2D eigenvalue weighted by atomic mass is 9.89. The monoisotopic (exact) mass is 438 g/mol. The maximum Gasteiger partial charge on any atom is 0.416 e. The molecule has 0 N–H and O–H groups in total. The number of hydrogen-bond acceptors (Lipinski definition) is 4. The molecule has 160 valence electrons. The summed E-state index contributed by atoms with van der Waals surface area (Å²) in [4.78, 5) is 3.84. The van der Waals surface area contributed by atoms with Crippen LogP contribution in [-0.2, 0) is 16.2 Å². The molecule has 1 fully saturated rings. The van der Waals surface area contributed by atoms with Crippen LogP contribution in [0.1, 0.15) is 41.0 Å². The van der Waals surface area contributed by atoms with Crippen molar-refractivity contribution in [3.8, 4) is 0 Å². The molecule has 0 unspecified atom stereocenters. The Morgan fingerprint density at radius 2 is 1.77 bits per heavy atom. The van der Waals surface area contributed by atoms with Crippen LogP contribution in [0.25, 0.3) is 5.65 Å². The summed E-state index contributed by atoms with van der Waals surface area (Å²) >= 11 is 0. The molecule has 3 heterocycles. The Morgan fingerprint density at radius 1 is 1.07 bits per heavy atom. The molecule has 0 atom stereocenters. The summed E-state index contributed by atoms with van der Waals surface area (Å²) in [5.74, 6) is 0.147. The molecule has 0 saturated carbocycles. The normalized spacial score (nSPS) is 17.0. The van der Waals surface area contributed by atoms with Gasteiger partial charge in [0.1, 0.15) is 6.33 Å². The largest absolute Gasteiger partial charge is 0.416 e. The Hall–Kier alpha value is -2.46. The number of aromatic nitrogens is 3. The minimum atomic E-state index is -4.60. The lowest BCUT2D eigenvalue weighted by Gasteiger charge is -2.32. The highest BCUT2D eigenvalue weighted by atomic mass is 32.2. The van der Waals surface area contributed by atoms with E-state index in [1.807, 2.05) is 19.2 Å². The lowest BCUT2D eigenvalue weighted by Crippen LogP contribution is -2.38.